The fourth-order valence-electron chi connectivity index (χ4n) is 2.20. The standard InChI is InChI=1S/C18H27NO8.C3H8O2/c1-3-9-24-11-13-26-14-12-25-10-8-17(20)27-18(23-2)15-6-4-5-7-16(15)19(21)22;1-2-5-3-4/h4-7,18H,3,8-14H2,1-2H3;4H,2-3H2,1H3. The Kier molecular flexibility index (Phi) is 19.3. The normalized spacial score (nSPS) is 11.4. The Morgan fingerprint density at radius 1 is 1.00 bits per heavy atom. The molecule has 1 unspecified atom stereocenters. The van der Waals surface area contributed by atoms with Gasteiger partial charge in [-0.25, -0.2) is 0 Å². The number of nitro groups is 1. The number of benzene rings is 1. The quantitative estimate of drug-likeness (QED) is 0.121. The summed E-state index contributed by atoms with van der Waals surface area (Å²) in [7, 11) is 1.31. The molecule has 11 nitrogen and oxygen atoms in total. The monoisotopic (exact) mass is 461 g/mol. The second-order valence-electron chi connectivity index (χ2n) is 6.08. The molecule has 0 heterocycles. The topological polar surface area (TPSA) is 136 Å². The molecule has 0 saturated heterocycles. The Labute approximate surface area is 188 Å². The van der Waals surface area contributed by atoms with Crippen molar-refractivity contribution in [2.45, 2.75) is 33.0 Å². The minimum Gasteiger partial charge on any atom is -0.431 e. The molecule has 0 aliphatic heterocycles. The van der Waals surface area contributed by atoms with Crippen LogP contribution in [-0.4, -0.2) is 76.2 Å². The molecule has 0 bridgehead atoms. The predicted molar refractivity (Wildman–Crippen MR) is 115 cm³/mol. The van der Waals surface area contributed by atoms with E-state index in [1.165, 1.54) is 25.3 Å². The number of nitro benzene ring substituents is 1. The molecular weight excluding hydrogens is 426 g/mol. The van der Waals surface area contributed by atoms with Crippen LogP contribution in [0.5, 0.6) is 0 Å². The molecule has 184 valence electrons. The van der Waals surface area contributed by atoms with Crippen LogP contribution in [-0.2, 0) is 33.2 Å². The van der Waals surface area contributed by atoms with E-state index in [9.17, 15) is 14.9 Å². The first-order chi connectivity index (χ1) is 15.5. The van der Waals surface area contributed by atoms with Gasteiger partial charge in [0.1, 0.15) is 6.79 Å². The summed E-state index contributed by atoms with van der Waals surface area (Å²) >= 11 is 0. The summed E-state index contributed by atoms with van der Waals surface area (Å²) in [6.07, 6.45) is -0.175. The second kappa shape index (κ2) is 20.7. The van der Waals surface area contributed by atoms with Gasteiger partial charge in [-0.3, -0.25) is 14.9 Å². The van der Waals surface area contributed by atoms with Gasteiger partial charge in [-0.05, 0) is 19.4 Å². The van der Waals surface area contributed by atoms with Gasteiger partial charge in [-0.2, -0.15) is 0 Å². The fraction of sp³-hybridized carbons (Fsp3) is 0.667. The van der Waals surface area contributed by atoms with Crippen LogP contribution < -0.4 is 0 Å². The number of hydrogen-bond donors (Lipinski definition) is 1. The van der Waals surface area contributed by atoms with Crippen molar-refractivity contribution in [1.29, 1.82) is 0 Å². The van der Waals surface area contributed by atoms with Crippen LogP contribution in [0.4, 0.5) is 5.69 Å². The molecule has 0 amide bonds. The Hall–Kier alpha value is -2.15. The summed E-state index contributed by atoms with van der Waals surface area (Å²) in [6, 6.07) is 5.95. The third kappa shape index (κ3) is 14.8. The molecule has 0 radical (unpaired) electrons. The van der Waals surface area contributed by atoms with Crippen LogP contribution in [0, 0.1) is 10.1 Å². The largest absolute Gasteiger partial charge is 0.431 e. The van der Waals surface area contributed by atoms with Crippen molar-refractivity contribution < 1.29 is 43.2 Å². The summed E-state index contributed by atoms with van der Waals surface area (Å²) < 4.78 is 30.5. The zero-order chi connectivity index (χ0) is 24.0. The smallest absolute Gasteiger partial charge is 0.310 e. The number of hydrogen-bond acceptors (Lipinski definition) is 10. The maximum Gasteiger partial charge on any atom is 0.310 e. The Morgan fingerprint density at radius 3 is 2.09 bits per heavy atom. The van der Waals surface area contributed by atoms with Crippen molar-refractivity contribution in [3.05, 3.63) is 39.9 Å². The highest BCUT2D eigenvalue weighted by Gasteiger charge is 2.24. The average molecular weight is 462 g/mol. The molecule has 0 aromatic heterocycles. The predicted octanol–water partition coefficient (Wildman–Crippen LogP) is 2.61. The van der Waals surface area contributed by atoms with Crippen molar-refractivity contribution in [1.82, 2.24) is 0 Å². The molecule has 1 N–H and O–H groups in total. The molecule has 0 spiro atoms. The SMILES string of the molecule is CCCOCCOCCOCCC(=O)OC(OC)c1ccccc1[N+](=O)[O-].CCOCO. The van der Waals surface area contributed by atoms with Crippen LogP contribution in [0.15, 0.2) is 24.3 Å². The van der Waals surface area contributed by atoms with Crippen LogP contribution in [0.25, 0.3) is 0 Å². The van der Waals surface area contributed by atoms with Gasteiger partial charge < -0.3 is 33.5 Å². The molecule has 1 aromatic carbocycles. The zero-order valence-electron chi connectivity index (χ0n) is 19.0. The van der Waals surface area contributed by atoms with E-state index in [2.05, 4.69) is 4.74 Å². The lowest BCUT2D eigenvalue weighted by molar-refractivity contribution is -0.386. The molecule has 0 aliphatic carbocycles. The molecule has 0 aliphatic rings. The molecule has 32 heavy (non-hydrogen) atoms. The molecule has 0 saturated carbocycles. The van der Waals surface area contributed by atoms with E-state index in [4.69, 9.17) is 28.8 Å². The van der Waals surface area contributed by atoms with Crippen LogP contribution in [0.1, 0.15) is 38.5 Å². The highest BCUT2D eigenvalue weighted by atomic mass is 16.7. The minimum atomic E-state index is -1.15. The fourth-order valence-corrected chi connectivity index (χ4v) is 2.20. The summed E-state index contributed by atoms with van der Waals surface area (Å²) in [6.45, 7) is 6.97. The second-order valence-corrected chi connectivity index (χ2v) is 6.08. The number of methoxy groups -OCH3 is 1. The lowest BCUT2D eigenvalue weighted by Crippen LogP contribution is -2.16. The first-order valence-electron chi connectivity index (χ1n) is 10.4. The number of aliphatic hydroxyl groups excluding tert-OH is 1. The van der Waals surface area contributed by atoms with E-state index < -0.39 is 17.2 Å². The first kappa shape index (κ1) is 29.9. The lowest BCUT2D eigenvalue weighted by Gasteiger charge is -2.16. The summed E-state index contributed by atoms with van der Waals surface area (Å²) in [4.78, 5) is 22.4. The number of ether oxygens (including phenoxy) is 6. The minimum absolute atomic E-state index is 0.000101. The van der Waals surface area contributed by atoms with Crippen molar-refractivity contribution in [2.24, 2.45) is 0 Å². The van der Waals surface area contributed by atoms with Gasteiger partial charge in [0, 0.05) is 26.4 Å². The Bertz CT molecular complexity index is 612. The number of para-hydroxylation sites is 1. The molecular formula is C21H35NO10. The third-order valence-corrected chi connectivity index (χ3v) is 3.68. The van der Waals surface area contributed by atoms with E-state index >= 15 is 0 Å². The average Bonchev–Trinajstić information content (AvgIpc) is 2.79. The van der Waals surface area contributed by atoms with E-state index in [0.717, 1.165) is 13.0 Å². The maximum absolute atomic E-state index is 11.9. The summed E-state index contributed by atoms with van der Waals surface area (Å²) in [5.41, 5.74) is 0.00595. The highest BCUT2D eigenvalue weighted by molar-refractivity contribution is 5.69. The molecule has 1 aromatic rings. The van der Waals surface area contributed by atoms with Gasteiger partial charge in [0.25, 0.3) is 5.69 Å². The number of rotatable bonds is 17. The first-order valence-corrected chi connectivity index (χ1v) is 10.4. The summed E-state index contributed by atoms with van der Waals surface area (Å²) in [5.74, 6) is -0.575. The molecule has 11 heteroatoms. The van der Waals surface area contributed by atoms with Crippen LogP contribution in [0.3, 0.4) is 0 Å². The van der Waals surface area contributed by atoms with Gasteiger partial charge in [0.15, 0.2) is 0 Å². The van der Waals surface area contributed by atoms with Gasteiger partial charge in [0.05, 0.1) is 49.9 Å². The van der Waals surface area contributed by atoms with E-state index in [-0.39, 0.29) is 31.1 Å². The lowest BCUT2D eigenvalue weighted by atomic mass is 10.1. The van der Waals surface area contributed by atoms with Crippen LogP contribution in [0.2, 0.25) is 0 Å². The van der Waals surface area contributed by atoms with Crippen molar-refractivity contribution in [2.75, 3.05) is 60.2 Å². The van der Waals surface area contributed by atoms with Gasteiger partial charge in [0.2, 0.25) is 6.29 Å². The van der Waals surface area contributed by atoms with Gasteiger partial charge >= 0.3 is 5.97 Å². The van der Waals surface area contributed by atoms with Gasteiger partial charge in [-0.15, -0.1) is 0 Å². The Morgan fingerprint density at radius 2 is 1.59 bits per heavy atom. The number of esters is 1. The number of carbonyl (C=O) groups excluding carboxylic acids is 1. The van der Waals surface area contributed by atoms with Crippen molar-refractivity contribution in [3.8, 4) is 0 Å². The number of aliphatic hydroxyl groups is 1. The van der Waals surface area contributed by atoms with E-state index in [0.29, 0.717) is 33.0 Å². The van der Waals surface area contributed by atoms with E-state index in [1.807, 2.05) is 13.8 Å². The zero-order valence-corrected chi connectivity index (χ0v) is 19.0. The molecule has 0 fully saturated rings. The number of nitrogens with zero attached hydrogens (tertiary/aromatic N) is 1. The molecule has 1 rings (SSSR count). The van der Waals surface area contributed by atoms with Crippen molar-refractivity contribution >= 4 is 11.7 Å². The third-order valence-electron chi connectivity index (χ3n) is 3.68. The van der Waals surface area contributed by atoms with E-state index in [1.54, 1.807) is 6.07 Å². The van der Waals surface area contributed by atoms with Crippen LogP contribution >= 0.6 is 0 Å². The maximum atomic E-state index is 11.9. The van der Waals surface area contributed by atoms with Crippen molar-refractivity contribution in [3.63, 3.8) is 0 Å². The number of carbonyl (C=O) groups is 1. The summed E-state index contributed by atoms with van der Waals surface area (Å²) in [5, 5.41) is 18.9. The van der Waals surface area contributed by atoms with Gasteiger partial charge in [-0.1, -0.05) is 19.1 Å². The Balaban J connectivity index is 0.00000172. The molecule has 1 atom stereocenters. The highest BCUT2D eigenvalue weighted by Crippen LogP contribution is 2.28.